The number of aliphatic hydroxyl groups is 2. The van der Waals surface area contributed by atoms with Gasteiger partial charge < -0.3 is 20.3 Å². The zero-order valence-electron chi connectivity index (χ0n) is 46.9. The van der Waals surface area contributed by atoms with E-state index in [4.69, 9.17) is 4.74 Å². The van der Waals surface area contributed by atoms with Crippen LogP contribution in [0.25, 0.3) is 0 Å². The summed E-state index contributed by atoms with van der Waals surface area (Å²) in [6.07, 6.45) is 71.8. The van der Waals surface area contributed by atoms with Gasteiger partial charge >= 0.3 is 5.97 Å². The average molecular weight is 983 g/mol. The van der Waals surface area contributed by atoms with Gasteiger partial charge in [0.05, 0.1) is 25.2 Å². The van der Waals surface area contributed by atoms with E-state index >= 15 is 0 Å². The van der Waals surface area contributed by atoms with E-state index in [2.05, 4.69) is 74.7 Å². The molecule has 0 aromatic heterocycles. The monoisotopic (exact) mass is 982 g/mol. The van der Waals surface area contributed by atoms with Crippen LogP contribution in [0, 0.1) is 0 Å². The quantitative estimate of drug-likeness (QED) is 0.0321. The highest BCUT2D eigenvalue weighted by Crippen LogP contribution is 2.19. The molecule has 0 saturated heterocycles. The van der Waals surface area contributed by atoms with Crippen LogP contribution in [0.2, 0.25) is 0 Å². The summed E-state index contributed by atoms with van der Waals surface area (Å²) in [5.41, 5.74) is 0. The number of amides is 1. The molecular weight excluding hydrogens is 863 g/mol. The van der Waals surface area contributed by atoms with Gasteiger partial charge in [0, 0.05) is 6.42 Å². The highest BCUT2D eigenvalue weighted by molar-refractivity contribution is 5.77. The molecule has 0 bridgehead atoms. The van der Waals surface area contributed by atoms with Crippen molar-refractivity contribution in [1.82, 2.24) is 5.32 Å². The minimum atomic E-state index is -0.793. The molecule has 0 aromatic carbocycles. The summed E-state index contributed by atoms with van der Waals surface area (Å²) in [6, 6.07) is -0.708. The molecule has 0 fully saturated rings. The van der Waals surface area contributed by atoms with E-state index in [1.807, 2.05) is 0 Å². The SMILES string of the molecule is CCCCC/C=C\C/C=C\C/C=C\C/C=C\CCCCCC(=O)OC(CCCCCCCCCCCCCCCCCC)CC(=O)NC(CO)C(O)CCCCCCCCCCCCCCCCCC. The Morgan fingerprint density at radius 1 is 0.414 bits per heavy atom. The van der Waals surface area contributed by atoms with Gasteiger partial charge in [0.15, 0.2) is 0 Å². The zero-order valence-corrected chi connectivity index (χ0v) is 46.9. The first-order chi connectivity index (χ1) is 34.5. The van der Waals surface area contributed by atoms with Gasteiger partial charge in [-0.05, 0) is 70.6 Å². The minimum Gasteiger partial charge on any atom is -0.462 e. The predicted octanol–water partition coefficient (Wildman–Crippen LogP) is 19.4. The van der Waals surface area contributed by atoms with Crippen LogP contribution in [-0.2, 0) is 14.3 Å². The van der Waals surface area contributed by atoms with Crippen LogP contribution in [-0.4, -0.2) is 46.9 Å². The van der Waals surface area contributed by atoms with Gasteiger partial charge in [-0.15, -0.1) is 0 Å². The lowest BCUT2D eigenvalue weighted by Gasteiger charge is -2.24. The van der Waals surface area contributed by atoms with Gasteiger partial charge in [-0.1, -0.05) is 288 Å². The molecule has 0 radical (unpaired) electrons. The van der Waals surface area contributed by atoms with Crippen molar-refractivity contribution < 1.29 is 24.5 Å². The summed E-state index contributed by atoms with van der Waals surface area (Å²) < 4.78 is 5.97. The molecule has 0 rings (SSSR count). The third-order valence-corrected chi connectivity index (χ3v) is 14.2. The lowest BCUT2D eigenvalue weighted by Crippen LogP contribution is -2.46. The fraction of sp³-hybridized carbons (Fsp3) is 0.844. The van der Waals surface area contributed by atoms with E-state index in [0.717, 1.165) is 70.6 Å². The summed E-state index contributed by atoms with van der Waals surface area (Å²) in [5, 5.41) is 24.0. The molecule has 0 spiro atoms. The van der Waals surface area contributed by atoms with Crippen LogP contribution in [0.15, 0.2) is 48.6 Å². The number of allylic oxidation sites excluding steroid dienone is 8. The molecule has 6 nitrogen and oxygen atoms in total. The maximum absolute atomic E-state index is 13.3. The van der Waals surface area contributed by atoms with Crippen molar-refractivity contribution in [1.29, 1.82) is 0 Å². The van der Waals surface area contributed by atoms with Crippen molar-refractivity contribution in [3.8, 4) is 0 Å². The van der Waals surface area contributed by atoms with Gasteiger partial charge in [0.1, 0.15) is 6.10 Å². The number of carbonyl (C=O) groups is 2. The van der Waals surface area contributed by atoms with Crippen molar-refractivity contribution in [2.45, 2.75) is 341 Å². The summed E-state index contributed by atoms with van der Waals surface area (Å²) in [5.74, 6) is -0.493. The van der Waals surface area contributed by atoms with E-state index in [9.17, 15) is 19.8 Å². The maximum Gasteiger partial charge on any atom is 0.306 e. The minimum absolute atomic E-state index is 0.0683. The molecule has 410 valence electrons. The third-order valence-electron chi connectivity index (χ3n) is 14.2. The highest BCUT2D eigenvalue weighted by Gasteiger charge is 2.24. The number of carbonyl (C=O) groups excluding carboxylic acids is 2. The first-order valence-electron chi connectivity index (χ1n) is 30.9. The highest BCUT2D eigenvalue weighted by atomic mass is 16.5. The van der Waals surface area contributed by atoms with Crippen LogP contribution in [0.3, 0.4) is 0 Å². The second-order valence-corrected chi connectivity index (χ2v) is 21.1. The molecule has 0 aromatic rings. The predicted molar refractivity (Wildman–Crippen MR) is 305 cm³/mol. The molecule has 0 saturated carbocycles. The van der Waals surface area contributed by atoms with Crippen molar-refractivity contribution in [2.75, 3.05) is 6.61 Å². The molecule has 1 amide bonds. The molecule has 0 aliphatic heterocycles. The first kappa shape index (κ1) is 67.8. The molecule has 3 N–H and O–H groups in total. The van der Waals surface area contributed by atoms with Gasteiger partial charge in [-0.25, -0.2) is 0 Å². The molecule has 3 unspecified atom stereocenters. The van der Waals surface area contributed by atoms with E-state index in [0.29, 0.717) is 19.3 Å². The number of ether oxygens (including phenoxy) is 1. The Kier molecular flexibility index (Phi) is 55.9. The number of nitrogens with one attached hydrogen (secondary N) is 1. The van der Waals surface area contributed by atoms with Crippen molar-refractivity contribution in [3.63, 3.8) is 0 Å². The Morgan fingerprint density at radius 2 is 0.729 bits per heavy atom. The summed E-state index contributed by atoms with van der Waals surface area (Å²) >= 11 is 0. The number of hydrogen-bond acceptors (Lipinski definition) is 5. The van der Waals surface area contributed by atoms with Crippen molar-refractivity contribution >= 4 is 11.9 Å². The molecular formula is C64H119NO5. The summed E-state index contributed by atoms with van der Waals surface area (Å²) in [7, 11) is 0. The normalized spacial score (nSPS) is 13.4. The van der Waals surface area contributed by atoms with Crippen LogP contribution >= 0.6 is 0 Å². The lowest BCUT2D eigenvalue weighted by molar-refractivity contribution is -0.151. The Morgan fingerprint density at radius 3 is 1.11 bits per heavy atom. The fourth-order valence-electron chi connectivity index (χ4n) is 9.48. The summed E-state index contributed by atoms with van der Waals surface area (Å²) in [6.45, 7) is 6.49. The van der Waals surface area contributed by atoms with E-state index in [-0.39, 0.29) is 24.9 Å². The largest absolute Gasteiger partial charge is 0.462 e. The van der Waals surface area contributed by atoms with Crippen LogP contribution in [0.4, 0.5) is 0 Å². The standard InChI is InChI=1S/C64H119NO5/c1-4-7-10-13-16-19-22-25-28-31-32-33-36-39-42-45-48-51-54-57-64(69)70-60(55-52-49-46-43-40-37-34-29-26-23-20-17-14-11-8-5-2)58-63(68)65-61(59-66)62(67)56-53-50-47-44-41-38-35-30-27-24-21-18-15-12-9-6-3/h16,19,25,28,32-33,39,42,60-62,66-67H,4-15,17-18,20-24,26-27,29-31,34-38,40-41,43-59H2,1-3H3,(H,65,68)/b19-16-,28-25-,33-32-,42-39-. The molecule has 0 heterocycles. The van der Waals surface area contributed by atoms with Gasteiger partial charge in [-0.3, -0.25) is 9.59 Å². The Labute approximate surface area is 436 Å². The third kappa shape index (κ3) is 52.2. The smallest absolute Gasteiger partial charge is 0.306 e. The van der Waals surface area contributed by atoms with Gasteiger partial charge in [0.25, 0.3) is 0 Å². The van der Waals surface area contributed by atoms with E-state index in [1.54, 1.807) is 0 Å². The van der Waals surface area contributed by atoms with Gasteiger partial charge in [0.2, 0.25) is 5.91 Å². The number of esters is 1. The maximum atomic E-state index is 13.3. The van der Waals surface area contributed by atoms with E-state index in [1.165, 1.54) is 205 Å². The molecule has 3 atom stereocenters. The first-order valence-corrected chi connectivity index (χ1v) is 30.9. The van der Waals surface area contributed by atoms with Crippen molar-refractivity contribution in [3.05, 3.63) is 48.6 Å². The number of rotatable bonds is 56. The number of unbranched alkanes of at least 4 members (excludes halogenated alkanes) is 36. The molecule has 0 aliphatic carbocycles. The van der Waals surface area contributed by atoms with Crippen molar-refractivity contribution in [2.24, 2.45) is 0 Å². The molecule has 0 aliphatic rings. The number of hydrogen-bond donors (Lipinski definition) is 3. The second kappa shape index (κ2) is 57.7. The topological polar surface area (TPSA) is 95.9 Å². The Hall–Kier alpha value is -2.18. The zero-order chi connectivity index (χ0) is 50.9. The second-order valence-electron chi connectivity index (χ2n) is 21.1. The van der Waals surface area contributed by atoms with Gasteiger partial charge in [-0.2, -0.15) is 0 Å². The Balaban J connectivity index is 4.58. The van der Waals surface area contributed by atoms with Crippen LogP contribution in [0.5, 0.6) is 0 Å². The van der Waals surface area contributed by atoms with Crippen LogP contribution in [0.1, 0.15) is 323 Å². The summed E-state index contributed by atoms with van der Waals surface area (Å²) in [4.78, 5) is 26.3. The Bertz CT molecular complexity index is 1190. The fourth-order valence-corrected chi connectivity index (χ4v) is 9.48. The lowest BCUT2D eigenvalue weighted by atomic mass is 10.0. The molecule has 70 heavy (non-hydrogen) atoms. The van der Waals surface area contributed by atoms with E-state index < -0.39 is 18.2 Å². The molecule has 6 heteroatoms. The van der Waals surface area contributed by atoms with Crippen LogP contribution < -0.4 is 5.32 Å². The number of aliphatic hydroxyl groups excluding tert-OH is 2. The average Bonchev–Trinajstić information content (AvgIpc) is 3.35.